The van der Waals surface area contributed by atoms with Gasteiger partial charge < -0.3 is 44.2 Å². The number of phosphoric ester groups is 1. The molecule has 4 aromatic rings. The molecular weight excluding hydrogens is 657 g/mol. The van der Waals surface area contributed by atoms with Crippen LogP contribution in [0.25, 0.3) is 11.2 Å². The summed E-state index contributed by atoms with van der Waals surface area (Å²) in [6.07, 6.45) is -1.63. The molecule has 3 N–H and O–H groups in total. The summed E-state index contributed by atoms with van der Waals surface area (Å²) in [7, 11) is -17.1. The lowest BCUT2D eigenvalue weighted by Gasteiger charge is -2.35. The van der Waals surface area contributed by atoms with Gasteiger partial charge in [0.2, 0.25) is 7.75 Å². The van der Waals surface area contributed by atoms with E-state index in [9.17, 15) is 28.4 Å². The van der Waals surface area contributed by atoms with E-state index < -0.39 is 60.8 Å². The first-order chi connectivity index (χ1) is 21.4. The third kappa shape index (κ3) is 7.50. The number of aromatic nitrogens is 4. The maximum Gasteiger partial charge on any atom is 0.280 e. The Balaban J connectivity index is 1.16. The Labute approximate surface area is 254 Å². The number of nitrogens with one attached hydrogen (secondary N) is 1. The lowest BCUT2D eigenvalue weighted by Crippen LogP contribution is -2.32. The van der Waals surface area contributed by atoms with E-state index in [2.05, 4.69) is 23.6 Å². The Morgan fingerprint density at radius 3 is 2.29 bits per heavy atom. The molecule has 0 radical (unpaired) electrons. The van der Waals surface area contributed by atoms with Gasteiger partial charge in [-0.15, -0.1) is 0 Å². The second kappa shape index (κ2) is 12.6. The molecule has 240 valence electrons. The monoisotopic (exact) mass is 681 g/mol. The standard InChI is InChI=1S/C24H27N6O12P3/c25-22-19-23(27-13-26-22)30(14-28-19)24-21-20(39-18(40-21)11-15-7-3-1-4-8-15)17(38-24)12-37-44(33,34)42-45(35,36)41-43(31,32)29-16-9-5-2-6-10-16/h1-10,13-14,17-18,20-21,24H,11-12H2,(H,33,34)(H,35,36)(H2,25,26,27)(H2,29,31,32)/p-3/t17-,18?,20?,21+,24-/m1/s1. The van der Waals surface area contributed by atoms with Gasteiger partial charge in [0.15, 0.2) is 24.0 Å². The Hall–Kier alpha value is -3.08. The first-order valence-corrected chi connectivity index (χ1v) is 17.6. The van der Waals surface area contributed by atoms with Crippen LogP contribution >= 0.6 is 23.4 Å². The number of nitrogens with zero attached hydrogens (tertiary/aromatic N) is 4. The molecule has 0 bridgehead atoms. The topological polar surface area (TPSA) is 257 Å². The van der Waals surface area contributed by atoms with Crippen molar-refractivity contribution in [2.45, 2.75) is 37.3 Å². The van der Waals surface area contributed by atoms with Gasteiger partial charge in [-0.3, -0.25) is 22.6 Å². The highest BCUT2D eigenvalue weighted by molar-refractivity contribution is 7.67. The smallest absolute Gasteiger partial charge is 0.280 e. The fraction of sp³-hybridized carbons (Fsp3) is 0.292. The van der Waals surface area contributed by atoms with E-state index in [4.69, 9.17) is 24.5 Å². The zero-order valence-corrected chi connectivity index (χ0v) is 25.5. The zero-order chi connectivity index (χ0) is 31.8. The van der Waals surface area contributed by atoms with Crippen molar-refractivity contribution in [2.75, 3.05) is 17.4 Å². The second-order valence-electron chi connectivity index (χ2n) is 9.80. The Bertz CT molecular complexity index is 1800. The molecule has 21 heteroatoms. The highest BCUT2D eigenvalue weighted by Gasteiger charge is 2.54. The van der Waals surface area contributed by atoms with Crippen molar-refractivity contribution in [2.24, 2.45) is 0 Å². The maximum atomic E-state index is 12.5. The average Bonchev–Trinajstić information content (AvgIpc) is 3.66. The van der Waals surface area contributed by atoms with Gasteiger partial charge in [-0.25, -0.2) is 19.3 Å². The summed E-state index contributed by atoms with van der Waals surface area (Å²) in [6, 6.07) is 16.4. The van der Waals surface area contributed by atoms with Crippen LogP contribution in [0.3, 0.4) is 0 Å². The van der Waals surface area contributed by atoms with E-state index in [1.54, 1.807) is 6.07 Å². The van der Waals surface area contributed by atoms with Crippen molar-refractivity contribution in [1.82, 2.24) is 19.5 Å². The van der Waals surface area contributed by atoms with E-state index in [1.165, 1.54) is 41.5 Å². The lowest BCUT2D eigenvalue weighted by atomic mass is 10.1. The molecule has 0 aliphatic carbocycles. The molecule has 2 aliphatic rings. The molecule has 4 heterocycles. The van der Waals surface area contributed by atoms with Crippen molar-refractivity contribution in [1.29, 1.82) is 0 Å². The molecule has 5 unspecified atom stereocenters. The number of para-hydroxylation sites is 1. The molecule has 8 atom stereocenters. The van der Waals surface area contributed by atoms with Crippen molar-refractivity contribution in [3.05, 3.63) is 78.9 Å². The van der Waals surface area contributed by atoms with E-state index in [0.717, 1.165) is 5.56 Å². The molecule has 0 amide bonds. The maximum absolute atomic E-state index is 12.5. The van der Waals surface area contributed by atoms with E-state index in [0.29, 0.717) is 12.1 Å². The van der Waals surface area contributed by atoms with Gasteiger partial charge in [0.1, 0.15) is 30.2 Å². The van der Waals surface area contributed by atoms with Crippen LogP contribution in [0.4, 0.5) is 11.5 Å². The molecule has 2 fully saturated rings. The Morgan fingerprint density at radius 1 is 0.867 bits per heavy atom. The van der Waals surface area contributed by atoms with Gasteiger partial charge >= 0.3 is 0 Å². The number of nitrogen functional groups attached to an aromatic ring is 1. The Kier molecular flexibility index (Phi) is 8.93. The van der Waals surface area contributed by atoms with Crippen LogP contribution in [0.2, 0.25) is 0 Å². The first-order valence-electron chi connectivity index (χ1n) is 13.2. The highest BCUT2D eigenvalue weighted by atomic mass is 31.3. The minimum atomic E-state index is -6.01. The van der Waals surface area contributed by atoms with Gasteiger partial charge in [0.25, 0.3) is 15.6 Å². The summed E-state index contributed by atoms with van der Waals surface area (Å²) in [6.45, 7) is -0.805. The third-order valence-electron chi connectivity index (χ3n) is 6.65. The van der Waals surface area contributed by atoms with Gasteiger partial charge in [0, 0.05) is 12.1 Å². The Morgan fingerprint density at radius 2 is 1.56 bits per heavy atom. The number of anilines is 2. The number of rotatable bonds is 12. The summed E-state index contributed by atoms with van der Waals surface area (Å²) in [5.74, 6) is 0.119. The summed E-state index contributed by atoms with van der Waals surface area (Å²) < 4.78 is 69.5. The predicted molar refractivity (Wildman–Crippen MR) is 148 cm³/mol. The zero-order valence-electron chi connectivity index (χ0n) is 22.8. The van der Waals surface area contributed by atoms with Crippen LogP contribution in [0, 0.1) is 0 Å². The molecule has 2 aromatic heterocycles. The second-order valence-corrected chi connectivity index (χ2v) is 14.4. The van der Waals surface area contributed by atoms with Gasteiger partial charge in [0.05, 0.1) is 12.9 Å². The van der Waals surface area contributed by atoms with E-state index in [1.807, 2.05) is 35.4 Å². The van der Waals surface area contributed by atoms with Crippen molar-refractivity contribution >= 4 is 46.1 Å². The number of phosphoric acid groups is 2. The normalized spacial score (nSPS) is 27.0. The quantitative estimate of drug-likeness (QED) is 0.199. The minimum absolute atomic E-state index is 0.0379. The molecule has 6 rings (SSSR count). The first kappa shape index (κ1) is 31.9. The summed E-state index contributed by atoms with van der Waals surface area (Å²) >= 11 is 0. The molecule has 2 saturated heterocycles. The largest absolute Gasteiger partial charge is 0.761 e. The van der Waals surface area contributed by atoms with Gasteiger partial charge in [-0.1, -0.05) is 48.5 Å². The van der Waals surface area contributed by atoms with Crippen LogP contribution in [0.5, 0.6) is 0 Å². The van der Waals surface area contributed by atoms with Crippen LogP contribution in [-0.2, 0) is 47.5 Å². The van der Waals surface area contributed by atoms with Crippen LogP contribution < -0.4 is 25.5 Å². The fourth-order valence-corrected chi connectivity index (χ4v) is 8.43. The van der Waals surface area contributed by atoms with Crippen LogP contribution in [0.1, 0.15) is 11.8 Å². The third-order valence-corrected chi connectivity index (χ3v) is 10.9. The number of imidazole rings is 1. The molecule has 0 saturated carbocycles. The summed E-state index contributed by atoms with van der Waals surface area (Å²) in [5, 5.41) is 1.84. The van der Waals surface area contributed by atoms with Crippen LogP contribution in [-0.4, -0.2) is 50.7 Å². The molecule has 18 nitrogen and oxygen atoms in total. The fourth-order valence-electron chi connectivity index (χ4n) is 4.87. The van der Waals surface area contributed by atoms with E-state index in [-0.39, 0.29) is 17.0 Å². The number of hydrogen-bond donors (Lipinski definition) is 2. The summed E-state index contributed by atoms with van der Waals surface area (Å²) in [4.78, 5) is 49.2. The number of benzene rings is 2. The van der Waals surface area contributed by atoms with Gasteiger partial charge in [-0.2, -0.15) is 0 Å². The molecular formula is C24H24N6O12P3-3. The molecule has 0 spiro atoms. The lowest BCUT2D eigenvalue weighted by molar-refractivity contribution is -0.246. The molecule has 2 aliphatic heterocycles. The van der Waals surface area contributed by atoms with Crippen LogP contribution in [0.15, 0.2) is 73.3 Å². The number of fused-ring (bicyclic) bond motifs is 2. The minimum Gasteiger partial charge on any atom is -0.761 e. The van der Waals surface area contributed by atoms with E-state index >= 15 is 0 Å². The average molecular weight is 681 g/mol. The van der Waals surface area contributed by atoms with Gasteiger partial charge in [-0.05, 0) is 17.7 Å². The molecule has 45 heavy (non-hydrogen) atoms. The van der Waals surface area contributed by atoms with Crippen molar-refractivity contribution in [3.8, 4) is 0 Å². The predicted octanol–water partition coefficient (Wildman–Crippen LogP) is 1.23. The van der Waals surface area contributed by atoms with Crippen molar-refractivity contribution < 1.29 is 55.7 Å². The number of ether oxygens (including phenoxy) is 3. The molecule has 2 aromatic carbocycles. The van der Waals surface area contributed by atoms with Crippen molar-refractivity contribution in [3.63, 3.8) is 0 Å². The number of nitrogens with two attached hydrogens (primary N) is 1. The highest BCUT2D eigenvalue weighted by Crippen LogP contribution is 2.62. The SMILES string of the molecule is Nc1ncnc2c1ncn2[C@@H]1O[C@H](COP(=O)([O-])OP(=O)([O-])OP(=O)([O-])Nc2ccccc2)C2OC(Cc3ccccc3)O[C@@H]21. The summed E-state index contributed by atoms with van der Waals surface area (Å²) in [5.41, 5.74) is 7.37. The number of hydrogen-bond acceptors (Lipinski definition) is 16.